The molecule has 5 heteroatoms. The second-order valence-electron chi connectivity index (χ2n) is 6.10. The molecule has 1 fully saturated rings. The first kappa shape index (κ1) is 14.1. The quantitative estimate of drug-likeness (QED) is 0.888. The van der Waals surface area contributed by atoms with Gasteiger partial charge in [0.1, 0.15) is 5.75 Å². The maximum Gasteiger partial charge on any atom is 0.246 e. The maximum atomic E-state index is 9.85. The number of hydrogen-bond donors (Lipinski definition) is 2. The highest BCUT2D eigenvalue weighted by Gasteiger charge is 2.34. The van der Waals surface area contributed by atoms with Gasteiger partial charge in [0, 0.05) is 5.56 Å². The summed E-state index contributed by atoms with van der Waals surface area (Å²) in [7, 11) is 0. The Labute approximate surface area is 124 Å². The molecule has 2 N–H and O–H groups in total. The van der Waals surface area contributed by atoms with Gasteiger partial charge in [-0.15, -0.1) is 0 Å². The molecular weight excluding hydrogens is 266 g/mol. The fraction of sp³-hybridized carbons (Fsp3) is 0.500. The second-order valence-corrected chi connectivity index (χ2v) is 6.10. The van der Waals surface area contributed by atoms with Gasteiger partial charge in [-0.2, -0.15) is 4.98 Å². The predicted molar refractivity (Wildman–Crippen MR) is 80.1 cm³/mol. The van der Waals surface area contributed by atoms with Gasteiger partial charge in [-0.1, -0.05) is 5.16 Å². The average molecular weight is 287 g/mol. The van der Waals surface area contributed by atoms with E-state index in [0.717, 1.165) is 29.7 Å². The van der Waals surface area contributed by atoms with Crippen LogP contribution in [-0.2, 0) is 5.54 Å². The number of piperidine rings is 1. The van der Waals surface area contributed by atoms with Gasteiger partial charge in [0.2, 0.25) is 11.7 Å². The minimum atomic E-state index is -0.232. The summed E-state index contributed by atoms with van der Waals surface area (Å²) in [6.07, 6.45) is 3.36. The summed E-state index contributed by atoms with van der Waals surface area (Å²) < 4.78 is 5.49. The Morgan fingerprint density at radius 1 is 1.24 bits per heavy atom. The molecule has 1 aromatic heterocycles. The van der Waals surface area contributed by atoms with Crippen LogP contribution < -0.4 is 5.32 Å². The number of benzene rings is 1. The summed E-state index contributed by atoms with van der Waals surface area (Å²) in [6.45, 7) is 6.83. The summed E-state index contributed by atoms with van der Waals surface area (Å²) >= 11 is 0. The van der Waals surface area contributed by atoms with Crippen LogP contribution in [0, 0.1) is 13.8 Å². The van der Waals surface area contributed by atoms with Crippen LogP contribution in [0.2, 0.25) is 0 Å². The van der Waals surface area contributed by atoms with Crippen molar-refractivity contribution in [3.8, 4) is 17.1 Å². The van der Waals surface area contributed by atoms with E-state index < -0.39 is 0 Å². The van der Waals surface area contributed by atoms with Gasteiger partial charge in [-0.05, 0) is 69.8 Å². The van der Waals surface area contributed by atoms with Gasteiger partial charge in [0.25, 0.3) is 0 Å². The van der Waals surface area contributed by atoms with Gasteiger partial charge in [0.15, 0.2) is 0 Å². The molecule has 0 amide bonds. The van der Waals surface area contributed by atoms with Crippen molar-refractivity contribution >= 4 is 0 Å². The molecular formula is C16H21N3O2. The largest absolute Gasteiger partial charge is 0.507 e. The molecule has 5 nitrogen and oxygen atoms in total. The number of nitrogens with one attached hydrogen (secondary N) is 1. The molecule has 3 rings (SSSR count). The lowest BCUT2D eigenvalue weighted by Crippen LogP contribution is -2.43. The fourth-order valence-electron chi connectivity index (χ4n) is 2.89. The van der Waals surface area contributed by atoms with Crippen LogP contribution in [0.5, 0.6) is 5.75 Å². The van der Waals surface area contributed by atoms with Gasteiger partial charge >= 0.3 is 0 Å². The molecule has 1 atom stereocenters. The molecule has 1 aliphatic heterocycles. The molecule has 0 aliphatic carbocycles. The van der Waals surface area contributed by atoms with Crippen molar-refractivity contribution in [1.29, 1.82) is 0 Å². The predicted octanol–water partition coefficient (Wildman–Crippen LogP) is 3.05. The standard InChI is InChI=1S/C16H21N3O2/c1-10-8-12(9-11(2)13(10)20)14-18-15(21-19-14)16(3)6-4-5-7-17-16/h8-9,17,20H,4-7H2,1-3H3. The number of phenolic OH excluding ortho intramolecular Hbond substituents is 1. The van der Waals surface area contributed by atoms with Gasteiger partial charge in [0.05, 0.1) is 5.54 Å². The molecule has 1 aliphatic rings. The van der Waals surface area contributed by atoms with Crippen LogP contribution in [0.25, 0.3) is 11.4 Å². The molecule has 21 heavy (non-hydrogen) atoms. The van der Waals surface area contributed by atoms with Crippen molar-refractivity contribution in [2.75, 3.05) is 6.54 Å². The molecule has 0 saturated carbocycles. The maximum absolute atomic E-state index is 9.85. The van der Waals surface area contributed by atoms with Crippen LogP contribution in [0.4, 0.5) is 0 Å². The molecule has 1 saturated heterocycles. The van der Waals surface area contributed by atoms with Crippen LogP contribution in [0.15, 0.2) is 16.7 Å². The Hall–Kier alpha value is -1.88. The summed E-state index contributed by atoms with van der Waals surface area (Å²) in [5.41, 5.74) is 2.28. The van der Waals surface area contributed by atoms with Crippen LogP contribution in [-0.4, -0.2) is 21.8 Å². The lowest BCUT2D eigenvalue weighted by atomic mass is 9.91. The average Bonchev–Trinajstić information content (AvgIpc) is 2.95. The first-order chi connectivity index (χ1) is 9.99. The molecule has 1 unspecified atom stereocenters. The number of aromatic nitrogens is 2. The Kier molecular flexibility index (Phi) is 3.45. The Balaban J connectivity index is 1.95. The zero-order valence-corrected chi connectivity index (χ0v) is 12.7. The van der Waals surface area contributed by atoms with Crippen LogP contribution in [0.3, 0.4) is 0 Å². The summed E-state index contributed by atoms with van der Waals surface area (Å²) in [5, 5.41) is 17.4. The summed E-state index contributed by atoms with van der Waals surface area (Å²) in [5.74, 6) is 1.54. The fourth-order valence-corrected chi connectivity index (χ4v) is 2.89. The number of aryl methyl sites for hydroxylation is 2. The lowest BCUT2D eigenvalue weighted by molar-refractivity contribution is 0.207. The normalized spacial score (nSPS) is 22.4. The highest BCUT2D eigenvalue weighted by molar-refractivity contribution is 5.60. The number of hydrogen-bond acceptors (Lipinski definition) is 5. The third-order valence-electron chi connectivity index (χ3n) is 4.27. The van der Waals surface area contributed by atoms with Crippen molar-refractivity contribution in [3.05, 3.63) is 29.2 Å². The molecule has 0 bridgehead atoms. The van der Waals surface area contributed by atoms with Crippen molar-refractivity contribution in [1.82, 2.24) is 15.5 Å². The molecule has 1 aromatic carbocycles. The first-order valence-electron chi connectivity index (χ1n) is 7.39. The zero-order valence-electron chi connectivity index (χ0n) is 12.7. The SMILES string of the molecule is Cc1cc(-c2noc(C3(C)CCCCN3)n2)cc(C)c1O. The van der Waals surface area contributed by atoms with Crippen molar-refractivity contribution in [3.63, 3.8) is 0 Å². The Morgan fingerprint density at radius 3 is 2.57 bits per heavy atom. The van der Waals surface area contributed by atoms with Crippen LogP contribution >= 0.6 is 0 Å². The lowest BCUT2D eigenvalue weighted by Gasteiger charge is -2.31. The van der Waals surface area contributed by atoms with Crippen molar-refractivity contribution in [2.24, 2.45) is 0 Å². The Bertz CT molecular complexity index is 634. The third kappa shape index (κ3) is 2.53. The number of rotatable bonds is 2. The molecule has 2 heterocycles. The van der Waals surface area contributed by atoms with E-state index in [1.807, 2.05) is 26.0 Å². The van der Waals surface area contributed by atoms with E-state index in [1.54, 1.807) is 0 Å². The van der Waals surface area contributed by atoms with E-state index in [2.05, 4.69) is 22.4 Å². The third-order valence-corrected chi connectivity index (χ3v) is 4.27. The highest BCUT2D eigenvalue weighted by Crippen LogP contribution is 2.32. The van der Waals surface area contributed by atoms with Crippen LogP contribution in [0.1, 0.15) is 43.2 Å². The van der Waals surface area contributed by atoms with E-state index >= 15 is 0 Å². The molecule has 0 spiro atoms. The van der Waals surface area contributed by atoms with E-state index in [9.17, 15) is 5.11 Å². The second kappa shape index (κ2) is 5.15. The molecule has 0 radical (unpaired) electrons. The molecule has 2 aromatic rings. The van der Waals surface area contributed by atoms with E-state index in [0.29, 0.717) is 17.5 Å². The topological polar surface area (TPSA) is 71.2 Å². The number of phenols is 1. The van der Waals surface area contributed by atoms with E-state index in [4.69, 9.17) is 4.52 Å². The summed E-state index contributed by atoms with van der Waals surface area (Å²) in [4.78, 5) is 4.57. The van der Waals surface area contributed by atoms with Gasteiger partial charge in [-0.25, -0.2) is 0 Å². The zero-order chi connectivity index (χ0) is 15.0. The highest BCUT2D eigenvalue weighted by atomic mass is 16.5. The number of aromatic hydroxyl groups is 1. The smallest absolute Gasteiger partial charge is 0.246 e. The van der Waals surface area contributed by atoms with E-state index in [1.165, 1.54) is 12.8 Å². The minimum Gasteiger partial charge on any atom is -0.507 e. The molecule has 112 valence electrons. The van der Waals surface area contributed by atoms with Gasteiger partial charge < -0.3 is 14.9 Å². The summed E-state index contributed by atoms with van der Waals surface area (Å²) in [6, 6.07) is 3.77. The monoisotopic (exact) mass is 287 g/mol. The first-order valence-corrected chi connectivity index (χ1v) is 7.39. The van der Waals surface area contributed by atoms with Crippen molar-refractivity contribution in [2.45, 2.75) is 45.6 Å². The van der Waals surface area contributed by atoms with Crippen molar-refractivity contribution < 1.29 is 9.63 Å². The minimum absolute atomic E-state index is 0.232. The Morgan fingerprint density at radius 2 is 1.95 bits per heavy atom. The van der Waals surface area contributed by atoms with E-state index in [-0.39, 0.29) is 5.54 Å². The number of nitrogens with zero attached hydrogens (tertiary/aromatic N) is 2. The van der Waals surface area contributed by atoms with Gasteiger partial charge in [-0.3, -0.25) is 0 Å².